The Kier molecular flexibility index (Phi) is 2.98. The Morgan fingerprint density at radius 1 is 0.895 bits per heavy atom. The second-order valence-electron chi connectivity index (χ2n) is 5.15. The fourth-order valence-corrected chi connectivity index (χ4v) is 3.00. The van der Waals surface area contributed by atoms with Crippen LogP contribution in [0.1, 0.15) is 52.0 Å². The topological polar surface area (TPSA) is 17.1 Å². The van der Waals surface area contributed by atoms with Crippen LogP contribution in [0.2, 0.25) is 0 Å². The van der Waals surface area contributed by atoms with E-state index in [0.717, 1.165) is 36.0 Å². The molecular weight excluding hydrogens is 232 g/mol. The molecule has 3 rings (SSSR count). The zero-order valence-corrected chi connectivity index (χ0v) is 11.5. The molecule has 0 saturated carbocycles. The molecule has 1 aliphatic carbocycles. The summed E-state index contributed by atoms with van der Waals surface area (Å²) in [5.74, 6) is 0.189. The van der Waals surface area contributed by atoms with Gasteiger partial charge in [-0.25, -0.2) is 0 Å². The summed E-state index contributed by atoms with van der Waals surface area (Å²) in [7, 11) is 0. The van der Waals surface area contributed by atoms with Gasteiger partial charge in [-0.05, 0) is 47.6 Å². The summed E-state index contributed by atoms with van der Waals surface area (Å²) in [6.07, 6.45) is 2.91. The van der Waals surface area contributed by atoms with Gasteiger partial charge in [0.15, 0.2) is 5.78 Å². The Balaban J connectivity index is 2.18. The van der Waals surface area contributed by atoms with Crippen molar-refractivity contribution in [3.05, 3.63) is 69.8 Å². The minimum Gasteiger partial charge on any atom is -0.289 e. The van der Waals surface area contributed by atoms with E-state index in [4.69, 9.17) is 0 Å². The Hall–Kier alpha value is -1.89. The molecule has 0 aromatic heterocycles. The van der Waals surface area contributed by atoms with Gasteiger partial charge in [-0.2, -0.15) is 0 Å². The summed E-state index contributed by atoms with van der Waals surface area (Å²) < 4.78 is 0. The molecule has 0 unspecified atom stereocenters. The highest BCUT2D eigenvalue weighted by Crippen LogP contribution is 2.29. The molecule has 0 saturated heterocycles. The standard InChI is InChI=1S/C18H18O/c1-3-12-9-15-10-14-7-5-6-8-16(14)18(19)17(15)11-13(12)4-2/h5-9,11H,3-4,10H2,1-2H3. The summed E-state index contributed by atoms with van der Waals surface area (Å²) in [5, 5.41) is 0. The Morgan fingerprint density at radius 2 is 1.58 bits per heavy atom. The number of ketones is 1. The lowest BCUT2D eigenvalue weighted by Gasteiger charge is -2.21. The van der Waals surface area contributed by atoms with Gasteiger partial charge in [0.1, 0.15) is 0 Å². The Labute approximate surface area is 114 Å². The van der Waals surface area contributed by atoms with Gasteiger partial charge in [-0.15, -0.1) is 0 Å². The average Bonchev–Trinajstić information content (AvgIpc) is 2.46. The van der Waals surface area contributed by atoms with E-state index in [1.807, 2.05) is 18.2 Å². The van der Waals surface area contributed by atoms with Gasteiger partial charge in [0.2, 0.25) is 0 Å². The molecule has 0 N–H and O–H groups in total. The lowest BCUT2D eigenvalue weighted by molar-refractivity contribution is 0.103. The summed E-state index contributed by atoms with van der Waals surface area (Å²) >= 11 is 0. The lowest BCUT2D eigenvalue weighted by atomic mass is 9.82. The zero-order valence-electron chi connectivity index (χ0n) is 11.5. The summed E-state index contributed by atoms with van der Waals surface area (Å²) in [6, 6.07) is 12.3. The largest absolute Gasteiger partial charge is 0.289 e. The Morgan fingerprint density at radius 3 is 2.32 bits per heavy atom. The van der Waals surface area contributed by atoms with E-state index in [9.17, 15) is 4.79 Å². The van der Waals surface area contributed by atoms with Crippen molar-refractivity contribution in [3.8, 4) is 0 Å². The predicted molar refractivity (Wildman–Crippen MR) is 77.9 cm³/mol. The molecule has 1 heteroatoms. The SMILES string of the molecule is CCc1cc2c(cc1CC)C(=O)c1ccccc1C2. The van der Waals surface area contributed by atoms with Crippen molar-refractivity contribution in [1.29, 1.82) is 0 Å². The molecule has 0 amide bonds. The van der Waals surface area contributed by atoms with Crippen LogP contribution in [-0.2, 0) is 19.3 Å². The van der Waals surface area contributed by atoms with Crippen LogP contribution >= 0.6 is 0 Å². The number of carbonyl (C=O) groups is 1. The van der Waals surface area contributed by atoms with Gasteiger partial charge in [0.25, 0.3) is 0 Å². The van der Waals surface area contributed by atoms with E-state index >= 15 is 0 Å². The third-order valence-corrected chi connectivity index (χ3v) is 4.07. The molecule has 0 aliphatic heterocycles. The molecule has 1 aliphatic rings. The average molecular weight is 250 g/mol. The van der Waals surface area contributed by atoms with Crippen LogP contribution in [0.15, 0.2) is 36.4 Å². The molecule has 1 nitrogen and oxygen atoms in total. The van der Waals surface area contributed by atoms with Crippen molar-refractivity contribution in [2.45, 2.75) is 33.1 Å². The van der Waals surface area contributed by atoms with Gasteiger partial charge in [0, 0.05) is 11.1 Å². The molecule has 2 aromatic rings. The number of rotatable bonds is 2. The summed E-state index contributed by atoms with van der Waals surface area (Å²) in [5.41, 5.74) is 6.83. The van der Waals surface area contributed by atoms with E-state index in [2.05, 4.69) is 32.0 Å². The Bertz CT molecular complexity index is 653. The highest BCUT2D eigenvalue weighted by molar-refractivity contribution is 6.12. The molecule has 0 fully saturated rings. The maximum Gasteiger partial charge on any atom is 0.193 e. The number of fused-ring (bicyclic) bond motifs is 2. The van der Waals surface area contributed by atoms with E-state index in [1.165, 1.54) is 16.7 Å². The number of carbonyl (C=O) groups excluding carboxylic acids is 1. The third-order valence-electron chi connectivity index (χ3n) is 4.07. The highest BCUT2D eigenvalue weighted by Gasteiger charge is 2.23. The third kappa shape index (κ3) is 1.90. The normalized spacial score (nSPS) is 13.1. The smallest absolute Gasteiger partial charge is 0.193 e. The van der Waals surface area contributed by atoms with E-state index in [-0.39, 0.29) is 5.78 Å². The van der Waals surface area contributed by atoms with Crippen LogP contribution in [0.5, 0.6) is 0 Å². The zero-order chi connectivity index (χ0) is 13.4. The van der Waals surface area contributed by atoms with Crippen LogP contribution in [0.4, 0.5) is 0 Å². The maximum atomic E-state index is 12.6. The molecule has 96 valence electrons. The molecule has 0 spiro atoms. The molecule has 0 bridgehead atoms. The van der Waals surface area contributed by atoms with Gasteiger partial charge in [-0.1, -0.05) is 44.2 Å². The fraction of sp³-hybridized carbons (Fsp3) is 0.278. The number of hydrogen-bond donors (Lipinski definition) is 0. The predicted octanol–water partition coefficient (Wildman–Crippen LogP) is 3.95. The summed E-state index contributed by atoms with van der Waals surface area (Å²) in [4.78, 5) is 12.6. The summed E-state index contributed by atoms with van der Waals surface area (Å²) in [6.45, 7) is 4.33. The van der Waals surface area contributed by atoms with Crippen LogP contribution in [0.3, 0.4) is 0 Å². The number of aryl methyl sites for hydroxylation is 2. The lowest BCUT2D eigenvalue weighted by Crippen LogP contribution is -2.16. The molecule has 0 atom stereocenters. The minimum atomic E-state index is 0.189. The van der Waals surface area contributed by atoms with Crippen LogP contribution in [0, 0.1) is 0 Å². The van der Waals surface area contributed by atoms with Gasteiger partial charge in [0.05, 0.1) is 0 Å². The molecule has 19 heavy (non-hydrogen) atoms. The maximum absolute atomic E-state index is 12.6. The molecule has 2 aromatic carbocycles. The van der Waals surface area contributed by atoms with Gasteiger partial charge >= 0.3 is 0 Å². The van der Waals surface area contributed by atoms with E-state index in [0.29, 0.717) is 0 Å². The first-order valence-electron chi connectivity index (χ1n) is 7.01. The fourth-order valence-electron chi connectivity index (χ4n) is 3.00. The van der Waals surface area contributed by atoms with Crippen molar-refractivity contribution < 1.29 is 4.79 Å². The van der Waals surface area contributed by atoms with Crippen molar-refractivity contribution in [2.24, 2.45) is 0 Å². The van der Waals surface area contributed by atoms with Crippen molar-refractivity contribution in [1.82, 2.24) is 0 Å². The van der Waals surface area contributed by atoms with Crippen LogP contribution in [-0.4, -0.2) is 5.78 Å². The molecule has 0 radical (unpaired) electrons. The first-order chi connectivity index (χ1) is 9.24. The number of hydrogen-bond acceptors (Lipinski definition) is 1. The van der Waals surface area contributed by atoms with Crippen molar-refractivity contribution in [2.75, 3.05) is 0 Å². The second kappa shape index (κ2) is 4.65. The van der Waals surface area contributed by atoms with Crippen molar-refractivity contribution in [3.63, 3.8) is 0 Å². The van der Waals surface area contributed by atoms with E-state index < -0.39 is 0 Å². The van der Waals surface area contributed by atoms with Crippen LogP contribution in [0.25, 0.3) is 0 Å². The molecule has 0 heterocycles. The monoisotopic (exact) mass is 250 g/mol. The minimum absolute atomic E-state index is 0.189. The van der Waals surface area contributed by atoms with E-state index in [1.54, 1.807) is 0 Å². The number of benzene rings is 2. The van der Waals surface area contributed by atoms with Gasteiger partial charge < -0.3 is 0 Å². The first-order valence-corrected chi connectivity index (χ1v) is 7.01. The second-order valence-corrected chi connectivity index (χ2v) is 5.15. The molecular formula is C18H18O. The quantitative estimate of drug-likeness (QED) is 0.673. The van der Waals surface area contributed by atoms with Crippen molar-refractivity contribution >= 4 is 5.78 Å². The van der Waals surface area contributed by atoms with Crippen LogP contribution < -0.4 is 0 Å². The highest BCUT2D eigenvalue weighted by atomic mass is 16.1. The van der Waals surface area contributed by atoms with Gasteiger partial charge in [-0.3, -0.25) is 4.79 Å². The first kappa shape index (κ1) is 12.2.